The first-order chi connectivity index (χ1) is 8.69. The molecule has 0 bridgehead atoms. The van der Waals surface area contributed by atoms with Crippen LogP contribution in [0.3, 0.4) is 0 Å². The maximum Gasteiger partial charge on any atom is 0.130 e. The number of halogens is 2. The van der Waals surface area contributed by atoms with E-state index in [1.807, 2.05) is 30.3 Å². The quantitative estimate of drug-likeness (QED) is 0.936. The van der Waals surface area contributed by atoms with E-state index in [1.54, 1.807) is 6.07 Å². The summed E-state index contributed by atoms with van der Waals surface area (Å²) in [6.45, 7) is 0.539. The average molecular weight is 310 g/mol. The van der Waals surface area contributed by atoms with Crippen molar-refractivity contribution in [2.45, 2.75) is 13.2 Å². The Hall–Kier alpha value is -1.39. The van der Waals surface area contributed by atoms with Gasteiger partial charge in [0.25, 0.3) is 0 Å². The van der Waals surface area contributed by atoms with Crippen molar-refractivity contribution >= 4 is 15.9 Å². The maximum absolute atomic E-state index is 13.7. The van der Waals surface area contributed by atoms with Gasteiger partial charge in [0.1, 0.15) is 18.2 Å². The largest absolute Gasteiger partial charge is 0.489 e. The Morgan fingerprint density at radius 2 is 2.00 bits per heavy atom. The van der Waals surface area contributed by atoms with Crippen molar-refractivity contribution in [2.75, 3.05) is 0 Å². The van der Waals surface area contributed by atoms with Crippen molar-refractivity contribution in [3.8, 4) is 5.75 Å². The second kappa shape index (κ2) is 5.98. The molecule has 2 nitrogen and oxygen atoms in total. The van der Waals surface area contributed by atoms with E-state index < -0.39 is 0 Å². The Kier molecular flexibility index (Phi) is 4.33. The van der Waals surface area contributed by atoms with Gasteiger partial charge >= 0.3 is 0 Å². The van der Waals surface area contributed by atoms with Gasteiger partial charge in [0, 0.05) is 16.6 Å². The molecule has 0 spiro atoms. The molecule has 2 aromatic carbocycles. The molecule has 0 aliphatic carbocycles. The number of hydrogen-bond donors (Lipinski definition) is 1. The monoisotopic (exact) mass is 309 g/mol. The Bertz CT molecular complexity index is 545. The molecule has 2 rings (SSSR count). The molecule has 0 heterocycles. The van der Waals surface area contributed by atoms with Gasteiger partial charge in [-0.05, 0) is 29.8 Å². The van der Waals surface area contributed by atoms with Crippen LogP contribution in [0.15, 0.2) is 46.9 Å². The van der Waals surface area contributed by atoms with E-state index in [-0.39, 0.29) is 12.4 Å². The average Bonchev–Trinajstić information content (AvgIpc) is 2.37. The first-order valence-corrected chi connectivity index (χ1v) is 6.34. The minimum Gasteiger partial charge on any atom is -0.489 e. The summed E-state index contributed by atoms with van der Waals surface area (Å²) in [5, 5.41) is 0. The summed E-state index contributed by atoms with van der Waals surface area (Å²) in [6, 6.07) is 12.4. The minimum absolute atomic E-state index is 0.202. The Morgan fingerprint density at radius 1 is 1.17 bits per heavy atom. The lowest BCUT2D eigenvalue weighted by Gasteiger charge is -2.08. The standard InChI is InChI=1S/C14H13BrFNO/c15-12-2-1-3-13(7-12)18-9-11-5-4-10(8-17)6-14(11)16/h1-7H,8-9,17H2. The molecule has 0 aliphatic rings. The molecule has 0 aliphatic heterocycles. The summed E-state index contributed by atoms with van der Waals surface area (Å²) in [6.07, 6.45) is 0. The zero-order valence-corrected chi connectivity index (χ0v) is 11.3. The second-order valence-corrected chi connectivity index (χ2v) is 4.79. The van der Waals surface area contributed by atoms with Crippen LogP contribution in [-0.2, 0) is 13.2 Å². The predicted octanol–water partition coefficient (Wildman–Crippen LogP) is 3.63. The van der Waals surface area contributed by atoms with Crippen LogP contribution in [0.4, 0.5) is 4.39 Å². The summed E-state index contributed by atoms with van der Waals surface area (Å²) in [5.74, 6) is 0.416. The molecule has 0 unspecified atom stereocenters. The molecule has 18 heavy (non-hydrogen) atoms. The van der Waals surface area contributed by atoms with Crippen LogP contribution in [0.5, 0.6) is 5.75 Å². The van der Waals surface area contributed by atoms with E-state index in [0.717, 1.165) is 10.0 Å². The fourth-order valence-corrected chi connectivity index (χ4v) is 1.93. The van der Waals surface area contributed by atoms with Crippen LogP contribution in [0.1, 0.15) is 11.1 Å². The zero-order valence-electron chi connectivity index (χ0n) is 9.70. The molecular formula is C14H13BrFNO. The summed E-state index contributed by atoms with van der Waals surface area (Å²) in [5.41, 5.74) is 6.74. The second-order valence-electron chi connectivity index (χ2n) is 3.88. The predicted molar refractivity (Wildman–Crippen MR) is 72.8 cm³/mol. The first kappa shape index (κ1) is 13.1. The molecule has 2 N–H and O–H groups in total. The fourth-order valence-electron chi connectivity index (χ4n) is 1.55. The third-order valence-corrected chi connectivity index (χ3v) is 3.04. The topological polar surface area (TPSA) is 35.2 Å². The lowest BCUT2D eigenvalue weighted by Crippen LogP contribution is -2.02. The fraction of sp³-hybridized carbons (Fsp3) is 0.143. The van der Waals surface area contributed by atoms with Gasteiger partial charge in [0.15, 0.2) is 0 Å². The number of nitrogens with two attached hydrogens (primary N) is 1. The highest BCUT2D eigenvalue weighted by atomic mass is 79.9. The molecule has 0 saturated carbocycles. The van der Waals surface area contributed by atoms with E-state index in [1.165, 1.54) is 6.07 Å². The third kappa shape index (κ3) is 3.31. The van der Waals surface area contributed by atoms with E-state index in [2.05, 4.69) is 15.9 Å². The van der Waals surface area contributed by atoms with Crippen LogP contribution in [-0.4, -0.2) is 0 Å². The van der Waals surface area contributed by atoms with Gasteiger partial charge in [0.2, 0.25) is 0 Å². The SMILES string of the molecule is NCc1ccc(COc2cccc(Br)c2)c(F)c1. The van der Waals surface area contributed by atoms with Gasteiger partial charge in [-0.25, -0.2) is 4.39 Å². The Labute approximate surface area is 114 Å². The summed E-state index contributed by atoms with van der Waals surface area (Å²) in [7, 11) is 0. The van der Waals surface area contributed by atoms with Crippen molar-refractivity contribution < 1.29 is 9.13 Å². The Balaban J connectivity index is 2.06. The summed E-state index contributed by atoms with van der Waals surface area (Å²) < 4.78 is 20.1. The van der Waals surface area contributed by atoms with Crippen molar-refractivity contribution in [1.82, 2.24) is 0 Å². The zero-order chi connectivity index (χ0) is 13.0. The highest BCUT2D eigenvalue weighted by molar-refractivity contribution is 9.10. The molecule has 0 aromatic heterocycles. The smallest absolute Gasteiger partial charge is 0.130 e. The van der Waals surface area contributed by atoms with E-state index >= 15 is 0 Å². The molecule has 0 fully saturated rings. The van der Waals surface area contributed by atoms with Gasteiger partial charge in [-0.1, -0.05) is 34.1 Å². The van der Waals surface area contributed by atoms with Gasteiger partial charge < -0.3 is 10.5 Å². The molecule has 0 radical (unpaired) electrons. The van der Waals surface area contributed by atoms with Gasteiger partial charge in [-0.3, -0.25) is 0 Å². The maximum atomic E-state index is 13.7. The third-order valence-electron chi connectivity index (χ3n) is 2.54. The number of rotatable bonds is 4. The lowest BCUT2D eigenvalue weighted by molar-refractivity contribution is 0.299. The van der Waals surface area contributed by atoms with E-state index in [4.69, 9.17) is 10.5 Å². The van der Waals surface area contributed by atoms with Crippen LogP contribution in [0.25, 0.3) is 0 Å². The number of benzene rings is 2. The molecule has 0 saturated heterocycles. The number of ether oxygens (including phenoxy) is 1. The van der Waals surface area contributed by atoms with E-state index in [0.29, 0.717) is 17.9 Å². The van der Waals surface area contributed by atoms with Crippen LogP contribution >= 0.6 is 15.9 Å². The van der Waals surface area contributed by atoms with Crippen LogP contribution in [0, 0.1) is 5.82 Å². The molecule has 0 atom stereocenters. The van der Waals surface area contributed by atoms with E-state index in [9.17, 15) is 4.39 Å². The van der Waals surface area contributed by atoms with Gasteiger partial charge in [-0.15, -0.1) is 0 Å². The molecular weight excluding hydrogens is 297 g/mol. The lowest BCUT2D eigenvalue weighted by atomic mass is 10.1. The van der Waals surface area contributed by atoms with Crippen molar-refractivity contribution in [2.24, 2.45) is 5.73 Å². The van der Waals surface area contributed by atoms with Gasteiger partial charge in [0.05, 0.1) is 0 Å². The first-order valence-electron chi connectivity index (χ1n) is 5.55. The van der Waals surface area contributed by atoms with Gasteiger partial charge in [-0.2, -0.15) is 0 Å². The van der Waals surface area contributed by atoms with Crippen molar-refractivity contribution in [1.29, 1.82) is 0 Å². The highest BCUT2D eigenvalue weighted by Crippen LogP contribution is 2.19. The molecule has 0 amide bonds. The highest BCUT2D eigenvalue weighted by Gasteiger charge is 2.04. The molecule has 4 heteroatoms. The van der Waals surface area contributed by atoms with Crippen LogP contribution < -0.4 is 10.5 Å². The van der Waals surface area contributed by atoms with Crippen LogP contribution in [0.2, 0.25) is 0 Å². The molecule has 2 aromatic rings. The van der Waals surface area contributed by atoms with Crippen molar-refractivity contribution in [3.05, 3.63) is 63.9 Å². The number of hydrogen-bond acceptors (Lipinski definition) is 2. The summed E-state index contributed by atoms with van der Waals surface area (Å²) in [4.78, 5) is 0. The Morgan fingerprint density at radius 3 is 2.67 bits per heavy atom. The minimum atomic E-state index is -0.284. The molecule has 94 valence electrons. The summed E-state index contributed by atoms with van der Waals surface area (Å²) >= 11 is 3.35. The van der Waals surface area contributed by atoms with Crippen molar-refractivity contribution in [3.63, 3.8) is 0 Å². The normalized spacial score (nSPS) is 10.4.